The van der Waals surface area contributed by atoms with Crippen molar-refractivity contribution in [3.63, 3.8) is 0 Å². The maximum atomic E-state index is 11.8. The van der Waals surface area contributed by atoms with Crippen molar-refractivity contribution >= 4 is 11.7 Å². The van der Waals surface area contributed by atoms with E-state index in [9.17, 15) is 4.79 Å². The van der Waals surface area contributed by atoms with Gasteiger partial charge in [0.1, 0.15) is 5.75 Å². The van der Waals surface area contributed by atoms with Crippen molar-refractivity contribution in [3.05, 3.63) is 30.3 Å². The molecule has 0 bridgehead atoms. The highest BCUT2D eigenvalue weighted by Crippen LogP contribution is 2.10. The molecule has 1 rings (SSSR count). The summed E-state index contributed by atoms with van der Waals surface area (Å²) in [6.07, 6.45) is 0.500. The van der Waals surface area contributed by atoms with E-state index >= 15 is 0 Å². The van der Waals surface area contributed by atoms with Gasteiger partial charge in [0.2, 0.25) is 0 Å². The zero-order valence-electron chi connectivity index (χ0n) is 11.1. The first kappa shape index (κ1) is 14.8. The molecule has 0 saturated heterocycles. The molecule has 0 aliphatic rings. The zero-order chi connectivity index (χ0) is 14.3. The van der Waals surface area contributed by atoms with Gasteiger partial charge in [-0.2, -0.15) is 0 Å². The van der Waals surface area contributed by atoms with E-state index in [1.165, 1.54) is 0 Å². The summed E-state index contributed by atoms with van der Waals surface area (Å²) in [7, 11) is 0. The van der Waals surface area contributed by atoms with E-state index in [4.69, 9.17) is 15.7 Å². The molecule has 0 aromatic heterocycles. The van der Waals surface area contributed by atoms with Crippen molar-refractivity contribution in [2.45, 2.75) is 25.8 Å². The number of hydrogen-bond donors (Lipinski definition) is 3. The van der Waals surface area contributed by atoms with Crippen LogP contribution in [0.4, 0.5) is 0 Å². The number of nitrogens with zero attached hydrogens (tertiary/aromatic N) is 1. The molecule has 19 heavy (non-hydrogen) atoms. The van der Waals surface area contributed by atoms with Crippen LogP contribution in [-0.4, -0.2) is 29.1 Å². The van der Waals surface area contributed by atoms with Crippen LogP contribution in [0, 0.1) is 0 Å². The highest BCUT2D eigenvalue weighted by molar-refractivity contribution is 5.93. The number of amidine groups is 1. The molecule has 1 amide bonds. The third-order valence-corrected chi connectivity index (χ3v) is 2.91. The summed E-state index contributed by atoms with van der Waals surface area (Å²) in [6, 6.07) is 9.02. The number of carbonyl (C=O) groups is 1. The molecule has 0 aliphatic heterocycles. The van der Waals surface area contributed by atoms with Gasteiger partial charge in [0.15, 0.2) is 12.4 Å². The standard InChI is InChI=1S/C13H19N3O3/c1-3-13(2,12(14)16-18)15-11(17)9-19-10-7-5-4-6-8-10/h4-8,18H,3,9H2,1-2H3,(H2,14,16)(H,15,17). The number of carbonyl (C=O) groups excluding carboxylic acids is 1. The molecule has 0 aliphatic carbocycles. The van der Waals surface area contributed by atoms with Crippen LogP contribution in [0.2, 0.25) is 0 Å². The molecule has 0 heterocycles. The minimum Gasteiger partial charge on any atom is -0.484 e. The van der Waals surface area contributed by atoms with Gasteiger partial charge in [-0.25, -0.2) is 0 Å². The van der Waals surface area contributed by atoms with Gasteiger partial charge in [0.05, 0.1) is 5.54 Å². The summed E-state index contributed by atoms with van der Waals surface area (Å²) in [4.78, 5) is 11.8. The van der Waals surface area contributed by atoms with Crippen molar-refractivity contribution in [2.75, 3.05) is 6.61 Å². The van der Waals surface area contributed by atoms with E-state index in [0.717, 1.165) is 0 Å². The molecule has 0 spiro atoms. The highest BCUT2D eigenvalue weighted by Gasteiger charge is 2.29. The molecule has 1 atom stereocenters. The lowest BCUT2D eigenvalue weighted by molar-refractivity contribution is -0.124. The number of hydrogen-bond acceptors (Lipinski definition) is 4. The zero-order valence-corrected chi connectivity index (χ0v) is 11.1. The summed E-state index contributed by atoms with van der Waals surface area (Å²) in [6.45, 7) is 3.39. The van der Waals surface area contributed by atoms with E-state index in [1.807, 2.05) is 25.1 Å². The van der Waals surface area contributed by atoms with Crippen LogP contribution in [-0.2, 0) is 4.79 Å². The van der Waals surface area contributed by atoms with Crippen molar-refractivity contribution in [1.82, 2.24) is 5.32 Å². The largest absolute Gasteiger partial charge is 0.484 e. The second-order valence-corrected chi connectivity index (χ2v) is 4.32. The van der Waals surface area contributed by atoms with Crippen LogP contribution >= 0.6 is 0 Å². The Balaban J connectivity index is 2.55. The second-order valence-electron chi connectivity index (χ2n) is 4.32. The molecule has 6 nitrogen and oxygen atoms in total. The van der Waals surface area contributed by atoms with E-state index in [0.29, 0.717) is 12.2 Å². The fourth-order valence-electron chi connectivity index (χ4n) is 1.45. The molecule has 1 unspecified atom stereocenters. The predicted molar refractivity (Wildman–Crippen MR) is 72.2 cm³/mol. The average molecular weight is 265 g/mol. The molecule has 1 aromatic carbocycles. The average Bonchev–Trinajstić information content (AvgIpc) is 2.45. The lowest BCUT2D eigenvalue weighted by Gasteiger charge is -2.27. The number of amides is 1. The Morgan fingerprint density at radius 2 is 2.11 bits per heavy atom. The van der Waals surface area contributed by atoms with Crippen LogP contribution in [0.1, 0.15) is 20.3 Å². The molecule has 6 heteroatoms. The van der Waals surface area contributed by atoms with Gasteiger partial charge in [-0.15, -0.1) is 0 Å². The van der Waals surface area contributed by atoms with Gasteiger partial charge >= 0.3 is 0 Å². The van der Waals surface area contributed by atoms with Gasteiger partial charge in [-0.3, -0.25) is 4.79 Å². The lowest BCUT2D eigenvalue weighted by Crippen LogP contribution is -2.56. The van der Waals surface area contributed by atoms with Gasteiger partial charge in [0.25, 0.3) is 5.91 Å². The molecular formula is C13H19N3O3. The third-order valence-electron chi connectivity index (χ3n) is 2.91. The smallest absolute Gasteiger partial charge is 0.258 e. The Bertz CT molecular complexity index is 448. The molecule has 4 N–H and O–H groups in total. The topological polar surface area (TPSA) is 96.9 Å². The van der Waals surface area contributed by atoms with Gasteiger partial charge < -0.3 is 21.0 Å². The molecule has 0 saturated carbocycles. The molecule has 104 valence electrons. The number of ether oxygens (including phenoxy) is 1. The predicted octanol–water partition coefficient (Wildman–Crippen LogP) is 1.10. The first-order chi connectivity index (χ1) is 9.01. The number of benzene rings is 1. The van der Waals surface area contributed by atoms with E-state index in [-0.39, 0.29) is 18.3 Å². The molecule has 0 fully saturated rings. The van der Waals surface area contributed by atoms with E-state index < -0.39 is 5.54 Å². The van der Waals surface area contributed by atoms with Gasteiger partial charge in [-0.05, 0) is 25.5 Å². The molecule has 1 aromatic rings. The van der Waals surface area contributed by atoms with Gasteiger partial charge in [0, 0.05) is 0 Å². The summed E-state index contributed by atoms with van der Waals surface area (Å²) >= 11 is 0. The van der Waals surface area contributed by atoms with Crippen LogP contribution in [0.25, 0.3) is 0 Å². The first-order valence-electron chi connectivity index (χ1n) is 5.98. The number of nitrogens with two attached hydrogens (primary N) is 1. The van der Waals surface area contributed by atoms with Crippen molar-refractivity contribution < 1.29 is 14.7 Å². The number of nitrogens with one attached hydrogen (secondary N) is 1. The minimum absolute atomic E-state index is 0.0388. The summed E-state index contributed by atoms with van der Waals surface area (Å²) in [5, 5.41) is 14.3. The minimum atomic E-state index is -0.883. The van der Waals surface area contributed by atoms with Crippen LogP contribution in [0.15, 0.2) is 35.5 Å². The van der Waals surface area contributed by atoms with Crippen molar-refractivity contribution in [3.8, 4) is 5.75 Å². The maximum Gasteiger partial charge on any atom is 0.258 e. The number of para-hydroxylation sites is 1. The lowest BCUT2D eigenvalue weighted by atomic mass is 9.97. The summed E-state index contributed by atoms with van der Waals surface area (Å²) in [5.74, 6) is 0.238. The Kier molecular flexibility index (Phi) is 5.17. The number of oxime groups is 1. The summed E-state index contributed by atoms with van der Waals surface area (Å²) in [5.41, 5.74) is 4.68. The molecular weight excluding hydrogens is 246 g/mol. The van der Waals surface area contributed by atoms with Crippen LogP contribution < -0.4 is 15.8 Å². The van der Waals surface area contributed by atoms with Crippen molar-refractivity contribution in [1.29, 1.82) is 0 Å². The fourth-order valence-corrected chi connectivity index (χ4v) is 1.45. The normalized spacial score (nSPS) is 14.5. The first-order valence-corrected chi connectivity index (χ1v) is 5.98. The second kappa shape index (κ2) is 6.63. The van der Waals surface area contributed by atoms with E-state index in [2.05, 4.69) is 10.5 Å². The van der Waals surface area contributed by atoms with Crippen LogP contribution in [0.3, 0.4) is 0 Å². The Morgan fingerprint density at radius 3 is 2.63 bits per heavy atom. The van der Waals surface area contributed by atoms with Crippen molar-refractivity contribution in [2.24, 2.45) is 10.9 Å². The Hall–Kier alpha value is -2.24. The van der Waals surface area contributed by atoms with E-state index in [1.54, 1.807) is 19.1 Å². The third kappa shape index (κ3) is 4.17. The number of rotatable bonds is 6. The van der Waals surface area contributed by atoms with Crippen LogP contribution in [0.5, 0.6) is 5.75 Å². The molecule has 0 radical (unpaired) electrons. The Labute approximate surface area is 112 Å². The quantitative estimate of drug-likeness (QED) is 0.310. The maximum absolute atomic E-state index is 11.8. The van der Waals surface area contributed by atoms with Gasteiger partial charge in [-0.1, -0.05) is 30.3 Å². The Morgan fingerprint density at radius 1 is 1.47 bits per heavy atom. The summed E-state index contributed by atoms with van der Waals surface area (Å²) < 4.78 is 5.32. The highest BCUT2D eigenvalue weighted by atomic mass is 16.5. The fraction of sp³-hybridized carbons (Fsp3) is 0.385. The SMILES string of the molecule is CCC(C)(NC(=O)COc1ccccc1)C(N)=NO. The monoisotopic (exact) mass is 265 g/mol.